The normalized spacial score (nSPS) is 10.6. The summed E-state index contributed by atoms with van der Waals surface area (Å²) in [6.07, 6.45) is 3.07. The van der Waals surface area contributed by atoms with Crippen LogP contribution in [0.5, 0.6) is 0 Å². The standard InChI is InChI=1S/C16H17N3O2S/c1-3-17-15(21)10-9-13-11-22-16(18-13)19(12(2)20)14-7-5-4-6-8-14/h4-11H,3H2,1-2H3,(H,17,21)/b10-9+. The van der Waals surface area contributed by atoms with E-state index in [1.54, 1.807) is 11.0 Å². The van der Waals surface area contributed by atoms with Crippen molar-refractivity contribution in [2.75, 3.05) is 11.4 Å². The molecule has 0 aliphatic rings. The van der Waals surface area contributed by atoms with E-state index in [1.165, 1.54) is 24.3 Å². The van der Waals surface area contributed by atoms with Gasteiger partial charge < -0.3 is 5.32 Å². The Morgan fingerprint density at radius 3 is 2.68 bits per heavy atom. The molecule has 0 bridgehead atoms. The number of likely N-dealkylation sites (N-methyl/N-ethyl adjacent to an activating group) is 1. The summed E-state index contributed by atoms with van der Waals surface area (Å²) in [5.74, 6) is -0.275. The van der Waals surface area contributed by atoms with Crippen molar-refractivity contribution >= 4 is 40.0 Å². The second-order valence-corrected chi connectivity index (χ2v) is 5.31. The van der Waals surface area contributed by atoms with Crippen LogP contribution in [0, 0.1) is 0 Å². The van der Waals surface area contributed by atoms with Crippen LogP contribution in [-0.4, -0.2) is 23.3 Å². The van der Waals surface area contributed by atoms with E-state index in [0.29, 0.717) is 17.4 Å². The number of anilines is 2. The Morgan fingerprint density at radius 2 is 2.05 bits per heavy atom. The summed E-state index contributed by atoms with van der Waals surface area (Å²) in [7, 11) is 0. The number of nitrogens with one attached hydrogen (secondary N) is 1. The second kappa shape index (κ2) is 7.51. The lowest BCUT2D eigenvalue weighted by atomic mass is 10.3. The van der Waals surface area contributed by atoms with E-state index in [-0.39, 0.29) is 11.8 Å². The lowest BCUT2D eigenvalue weighted by Crippen LogP contribution is -2.22. The monoisotopic (exact) mass is 315 g/mol. The van der Waals surface area contributed by atoms with Gasteiger partial charge in [0.05, 0.1) is 11.4 Å². The van der Waals surface area contributed by atoms with Crippen LogP contribution in [0.4, 0.5) is 10.8 Å². The number of hydrogen-bond donors (Lipinski definition) is 1. The molecular formula is C16H17N3O2S. The number of carbonyl (C=O) groups excluding carboxylic acids is 2. The molecule has 0 atom stereocenters. The van der Waals surface area contributed by atoms with Crippen molar-refractivity contribution in [2.24, 2.45) is 0 Å². The van der Waals surface area contributed by atoms with Crippen molar-refractivity contribution in [3.05, 3.63) is 47.5 Å². The molecule has 22 heavy (non-hydrogen) atoms. The van der Waals surface area contributed by atoms with Gasteiger partial charge in [-0.15, -0.1) is 11.3 Å². The fraction of sp³-hybridized carbons (Fsp3) is 0.188. The minimum absolute atomic E-state index is 0.111. The van der Waals surface area contributed by atoms with Gasteiger partial charge in [-0.25, -0.2) is 4.98 Å². The summed E-state index contributed by atoms with van der Waals surface area (Å²) in [6.45, 7) is 3.94. The van der Waals surface area contributed by atoms with Crippen LogP contribution in [-0.2, 0) is 9.59 Å². The average Bonchev–Trinajstić information content (AvgIpc) is 2.95. The summed E-state index contributed by atoms with van der Waals surface area (Å²) < 4.78 is 0. The van der Waals surface area contributed by atoms with Crippen molar-refractivity contribution in [1.29, 1.82) is 0 Å². The van der Waals surface area contributed by atoms with E-state index in [1.807, 2.05) is 42.6 Å². The zero-order chi connectivity index (χ0) is 15.9. The summed E-state index contributed by atoms with van der Waals surface area (Å²) >= 11 is 1.36. The van der Waals surface area contributed by atoms with Gasteiger partial charge in [-0.3, -0.25) is 14.5 Å². The molecule has 1 N–H and O–H groups in total. The van der Waals surface area contributed by atoms with Gasteiger partial charge in [0.25, 0.3) is 0 Å². The van der Waals surface area contributed by atoms with Crippen LogP contribution < -0.4 is 10.2 Å². The second-order valence-electron chi connectivity index (χ2n) is 4.47. The number of aromatic nitrogens is 1. The van der Waals surface area contributed by atoms with E-state index in [0.717, 1.165) is 5.69 Å². The molecule has 0 fully saturated rings. The molecule has 5 nitrogen and oxygen atoms in total. The Balaban J connectivity index is 2.21. The smallest absolute Gasteiger partial charge is 0.244 e. The van der Waals surface area contributed by atoms with Crippen molar-refractivity contribution < 1.29 is 9.59 Å². The fourth-order valence-electron chi connectivity index (χ4n) is 1.85. The molecule has 0 saturated heterocycles. The highest BCUT2D eigenvalue weighted by Gasteiger charge is 2.17. The Kier molecular flexibility index (Phi) is 5.43. The Hall–Kier alpha value is -2.47. The van der Waals surface area contributed by atoms with Crippen LogP contribution in [0.2, 0.25) is 0 Å². The number of thiazole rings is 1. The quantitative estimate of drug-likeness (QED) is 0.863. The Labute approximate surface area is 133 Å². The van der Waals surface area contributed by atoms with E-state index in [9.17, 15) is 9.59 Å². The van der Waals surface area contributed by atoms with E-state index >= 15 is 0 Å². The average molecular weight is 315 g/mol. The van der Waals surface area contributed by atoms with Crippen molar-refractivity contribution in [2.45, 2.75) is 13.8 Å². The van der Waals surface area contributed by atoms with Crippen LogP contribution in [0.3, 0.4) is 0 Å². The molecule has 6 heteroatoms. The number of amides is 2. The minimum atomic E-state index is -0.163. The summed E-state index contributed by atoms with van der Waals surface area (Å²) in [6, 6.07) is 9.34. The number of hydrogen-bond acceptors (Lipinski definition) is 4. The Bertz CT molecular complexity index is 680. The molecule has 0 spiro atoms. The van der Waals surface area contributed by atoms with Gasteiger partial charge >= 0.3 is 0 Å². The molecule has 0 aliphatic carbocycles. The molecule has 0 unspecified atom stereocenters. The van der Waals surface area contributed by atoms with Crippen LogP contribution in [0.1, 0.15) is 19.5 Å². The first-order valence-electron chi connectivity index (χ1n) is 6.89. The van der Waals surface area contributed by atoms with E-state index < -0.39 is 0 Å². The lowest BCUT2D eigenvalue weighted by molar-refractivity contribution is -0.117. The van der Waals surface area contributed by atoms with E-state index in [4.69, 9.17) is 0 Å². The number of rotatable bonds is 5. The third kappa shape index (κ3) is 4.02. The first-order chi connectivity index (χ1) is 10.6. The van der Waals surface area contributed by atoms with Gasteiger partial charge in [0.1, 0.15) is 0 Å². The van der Waals surface area contributed by atoms with Crippen LogP contribution >= 0.6 is 11.3 Å². The zero-order valence-corrected chi connectivity index (χ0v) is 13.3. The molecule has 0 aliphatic heterocycles. The van der Waals surface area contributed by atoms with Crippen molar-refractivity contribution in [1.82, 2.24) is 10.3 Å². The highest BCUT2D eigenvalue weighted by Crippen LogP contribution is 2.28. The van der Waals surface area contributed by atoms with Gasteiger partial charge in [0.2, 0.25) is 11.8 Å². The molecule has 1 heterocycles. The van der Waals surface area contributed by atoms with Gasteiger partial charge in [-0.1, -0.05) is 18.2 Å². The third-order valence-corrected chi connectivity index (χ3v) is 3.63. The van der Waals surface area contributed by atoms with Crippen molar-refractivity contribution in [3.8, 4) is 0 Å². The highest BCUT2D eigenvalue weighted by atomic mass is 32.1. The number of benzene rings is 1. The maximum atomic E-state index is 11.9. The predicted octanol–water partition coefficient (Wildman–Crippen LogP) is 2.98. The molecule has 1 aromatic carbocycles. The lowest BCUT2D eigenvalue weighted by Gasteiger charge is -2.17. The molecule has 2 amide bonds. The summed E-state index contributed by atoms with van der Waals surface area (Å²) in [4.78, 5) is 29.3. The number of para-hydroxylation sites is 1. The fourth-order valence-corrected chi connectivity index (χ4v) is 2.71. The van der Waals surface area contributed by atoms with Gasteiger partial charge in [-0.2, -0.15) is 0 Å². The van der Waals surface area contributed by atoms with Gasteiger partial charge in [0.15, 0.2) is 5.13 Å². The Morgan fingerprint density at radius 1 is 1.32 bits per heavy atom. The molecule has 114 valence electrons. The third-order valence-electron chi connectivity index (χ3n) is 2.79. The van der Waals surface area contributed by atoms with Gasteiger partial charge in [0, 0.05) is 24.9 Å². The summed E-state index contributed by atoms with van der Waals surface area (Å²) in [5.41, 5.74) is 1.41. The molecule has 0 radical (unpaired) electrons. The van der Waals surface area contributed by atoms with Crippen molar-refractivity contribution in [3.63, 3.8) is 0 Å². The van der Waals surface area contributed by atoms with Crippen LogP contribution in [0.15, 0.2) is 41.8 Å². The predicted molar refractivity (Wildman–Crippen MR) is 89.1 cm³/mol. The summed E-state index contributed by atoms with van der Waals surface area (Å²) in [5, 5.41) is 5.06. The molecule has 2 rings (SSSR count). The SMILES string of the molecule is CCNC(=O)/C=C/c1csc(N(C(C)=O)c2ccccc2)n1. The largest absolute Gasteiger partial charge is 0.353 e. The molecule has 2 aromatic rings. The first-order valence-corrected chi connectivity index (χ1v) is 7.77. The van der Waals surface area contributed by atoms with Crippen LogP contribution in [0.25, 0.3) is 6.08 Å². The zero-order valence-electron chi connectivity index (χ0n) is 12.4. The minimum Gasteiger partial charge on any atom is -0.353 e. The molecular weight excluding hydrogens is 298 g/mol. The maximum absolute atomic E-state index is 11.9. The number of nitrogens with zero attached hydrogens (tertiary/aromatic N) is 2. The highest BCUT2D eigenvalue weighted by molar-refractivity contribution is 7.14. The first kappa shape index (κ1) is 15.9. The maximum Gasteiger partial charge on any atom is 0.244 e. The molecule has 0 saturated carbocycles. The van der Waals surface area contributed by atoms with Gasteiger partial charge in [-0.05, 0) is 25.1 Å². The van der Waals surface area contributed by atoms with E-state index in [2.05, 4.69) is 10.3 Å². The topological polar surface area (TPSA) is 62.3 Å². The number of carbonyl (C=O) groups is 2. The molecule has 1 aromatic heterocycles.